The van der Waals surface area contributed by atoms with Crippen molar-refractivity contribution in [3.05, 3.63) is 35.4 Å². The summed E-state index contributed by atoms with van der Waals surface area (Å²) in [6.45, 7) is 8.70. The third-order valence-electron chi connectivity index (χ3n) is 4.66. The lowest BCUT2D eigenvalue weighted by molar-refractivity contribution is 0.0735. The molecular formula is C16H24F2N2. The zero-order valence-electron chi connectivity index (χ0n) is 12.5. The van der Waals surface area contributed by atoms with Crippen LogP contribution in [-0.2, 0) is 6.54 Å². The zero-order valence-corrected chi connectivity index (χ0v) is 12.5. The summed E-state index contributed by atoms with van der Waals surface area (Å²) in [5.41, 5.74) is 0.538. The van der Waals surface area contributed by atoms with Gasteiger partial charge in [-0.15, -0.1) is 0 Å². The fraction of sp³-hybridized carbons (Fsp3) is 0.625. The SMILES string of the molecule is CCC1(CC)CN(Cc2cccc(F)c2F)C(C)CN1. The molecule has 2 nitrogen and oxygen atoms in total. The van der Waals surface area contributed by atoms with Crippen LogP contribution >= 0.6 is 0 Å². The van der Waals surface area contributed by atoms with Crippen molar-refractivity contribution in [1.29, 1.82) is 0 Å². The normalized spacial score (nSPS) is 22.9. The highest BCUT2D eigenvalue weighted by Crippen LogP contribution is 2.25. The van der Waals surface area contributed by atoms with Gasteiger partial charge < -0.3 is 5.32 Å². The van der Waals surface area contributed by atoms with E-state index in [1.54, 1.807) is 12.1 Å². The van der Waals surface area contributed by atoms with Crippen molar-refractivity contribution in [3.8, 4) is 0 Å². The van der Waals surface area contributed by atoms with Crippen molar-refractivity contribution >= 4 is 0 Å². The van der Waals surface area contributed by atoms with Crippen LogP contribution in [0.25, 0.3) is 0 Å². The molecule has 0 amide bonds. The van der Waals surface area contributed by atoms with Crippen molar-refractivity contribution in [2.45, 2.75) is 51.7 Å². The second-order valence-corrected chi connectivity index (χ2v) is 5.84. The van der Waals surface area contributed by atoms with Gasteiger partial charge >= 0.3 is 0 Å². The van der Waals surface area contributed by atoms with Crippen molar-refractivity contribution in [3.63, 3.8) is 0 Å². The average Bonchev–Trinajstić information content (AvgIpc) is 2.46. The highest BCUT2D eigenvalue weighted by molar-refractivity contribution is 5.19. The van der Waals surface area contributed by atoms with Crippen LogP contribution in [0.15, 0.2) is 18.2 Å². The zero-order chi connectivity index (χ0) is 14.8. The first-order chi connectivity index (χ1) is 9.51. The fourth-order valence-corrected chi connectivity index (χ4v) is 2.92. The lowest BCUT2D eigenvalue weighted by Gasteiger charge is -2.46. The Morgan fingerprint density at radius 3 is 2.65 bits per heavy atom. The summed E-state index contributed by atoms with van der Waals surface area (Å²) in [5, 5.41) is 3.61. The monoisotopic (exact) mass is 282 g/mol. The van der Waals surface area contributed by atoms with Gasteiger partial charge in [0.15, 0.2) is 11.6 Å². The number of piperazine rings is 1. The predicted octanol–water partition coefficient (Wildman–Crippen LogP) is 3.32. The van der Waals surface area contributed by atoms with Crippen LogP contribution in [0.5, 0.6) is 0 Å². The number of hydrogen-bond acceptors (Lipinski definition) is 2. The van der Waals surface area contributed by atoms with Crippen molar-refractivity contribution in [1.82, 2.24) is 10.2 Å². The van der Waals surface area contributed by atoms with Crippen molar-refractivity contribution in [2.75, 3.05) is 13.1 Å². The summed E-state index contributed by atoms with van der Waals surface area (Å²) in [6, 6.07) is 4.74. The lowest BCUT2D eigenvalue weighted by atomic mass is 9.88. The van der Waals surface area contributed by atoms with Gasteiger partial charge in [-0.05, 0) is 25.8 Å². The van der Waals surface area contributed by atoms with Gasteiger partial charge in [-0.2, -0.15) is 0 Å². The number of nitrogens with one attached hydrogen (secondary N) is 1. The smallest absolute Gasteiger partial charge is 0.163 e. The maximum atomic E-state index is 13.8. The van der Waals surface area contributed by atoms with Crippen LogP contribution in [0.3, 0.4) is 0 Å². The standard InChI is InChI=1S/C16H24F2N2/c1-4-16(5-2)11-20(12(3)9-19-16)10-13-7-6-8-14(17)15(13)18/h6-8,12,19H,4-5,9-11H2,1-3H3. The molecular weight excluding hydrogens is 258 g/mol. The molecule has 1 atom stereocenters. The second kappa shape index (κ2) is 6.19. The number of rotatable bonds is 4. The molecule has 1 fully saturated rings. The minimum atomic E-state index is -0.762. The minimum absolute atomic E-state index is 0.0936. The number of benzene rings is 1. The van der Waals surface area contributed by atoms with Crippen LogP contribution in [0, 0.1) is 11.6 Å². The van der Waals surface area contributed by atoms with Crippen molar-refractivity contribution < 1.29 is 8.78 Å². The maximum absolute atomic E-state index is 13.8. The Morgan fingerprint density at radius 1 is 1.30 bits per heavy atom. The third-order valence-corrected chi connectivity index (χ3v) is 4.66. The Hall–Kier alpha value is -1.00. The Balaban J connectivity index is 2.16. The molecule has 1 aromatic rings. The number of hydrogen-bond donors (Lipinski definition) is 1. The highest BCUT2D eigenvalue weighted by Gasteiger charge is 2.35. The Bertz CT molecular complexity index is 458. The topological polar surface area (TPSA) is 15.3 Å². The van der Waals surface area contributed by atoms with Crippen molar-refractivity contribution in [2.24, 2.45) is 0 Å². The number of nitrogens with zero attached hydrogens (tertiary/aromatic N) is 1. The third kappa shape index (κ3) is 3.01. The molecule has 112 valence electrons. The summed E-state index contributed by atoms with van der Waals surface area (Å²) in [4.78, 5) is 2.25. The summed E-state index contributed by atoms with van der Waals surface area (Å²) in [5.74, 6) is -1.47. The first-order valence-corrected chi connectivity index (χ1v) is 7.43. The van der Waals surface area contributed by atoms with E-state index in [0.29, 0.717) is 18.2 Å². The van der Waals surface area contributed by atoms with Crippen LogP contribution in [-0.4, -0.2) is 29.6 Å². The van der Waals surface area contributed by atoms with E-state index in [1.165, 1.54) is 6.07 Å². The summed E-state index contributed by atoms with van der Waals surface area (Å²) in [6.07, 6.45) is 2.08. The molecule has 1 aliphatic rings. The van der Waals surface area contributed by atoms with Gasteiger partial charge in [0.05, 0.1) is 0 Å². The molecule has 1 unspecified atom stereocenters. The molecule has 1 saturated heterocycles. The van der Waals surface area contributed by atoms with E-state index < -0.39 is 11.6 Å². The Kier molecular flexibility index (Phi) is 4.76. The van der Waals surface area contributed by atoms with Gasteiger partial charge in [0.1, 0.15) is 0 Å². The Labute approximate surface area is 120 Å². The van der Waals surface area contributed by atoms with Crippen LogP contribution < -0.4 is 5.32 Å². The molecule has 0 saturated carbocycles. The highest BCUT2D eigenvalue weighted by atomic mass is 19.2. The molecule has 0 bridgehead atoms. The van der Waals surface area contributed by atoms with Gasteiger partial charge in [-0.1, -0.05) is 26.0 Å². The molecule has 0 spiro atoms. The largest absolute Gasteiger partial charge is 0.308 e. The first kappa shape index (κ1) is 15.4. The van der Waals surface area contributed by atoms with Gasteiger partial charge in [0.2, 0.25) is 0 Å². The maximum Gasteiger partial charge on any atom is 0.163 e. The second-order valence-electron chi connectivity index (χ2n) is 5.84. The van der Waals surface area contributed by atoms with Crippen LogP contribution in [0.1, 0.15) is 39.2 Å². The van der Waals surface area contributed by atoms with E-state index in [4.69, 9.17) is 0 Å². The predicted molar refractivity (Wildman–Crippen MR) is 77.5 cm³/mol. The quantitative estimate of drug-likeness (QED) is 0.911. The molecule has 4 heteroatoms. The molecule has 0 aliphatic carbocycles. The molecule has 0 aromatic heterocycles. The molecule has 0 radical (unpaired) electrons. The van der Waals surface area contributed by atoms with E-state index in [2.05, 4.69) is 31.0 Å². The minimum Gasteiger partial charge on any atom is -0.308 e. The Morgan fingerprint density at radius 2 is 2.00 bits per heavy atom. The van der Waals surface area contributed by atoms with E-state index in [9.17, 15) is 8.78 Å². The molecule has 1 aromatic carbocycles. The van der Waals surface area contributed by atoms with Gasteiger partial charge in [0, 0.05) is 36.8 Å². The van der Waals surface area contributed by atoms with Gasteiger partial charge in [-0.3, -0.25) is 4.90 Å². The number of halogens is 2. The average molecular weight is 282 g/mol. The van der Waals surface area contributed by atoms with E-state index in [0.717, 1.165) is 25.9 Å². The summed E-state index contributed by atoms with van der Waals surface area (Å²) in [7, 11) is 0. The fourth-order valence-electron chi connectivity index (χ4n) is 2.92. The van der Waals surface area contributed by atoms with E-state index in [1.807, 2.05) is 0 Å². The molecule has 1 N–H and O–H groups in total. The summed E-state index contributed by atoms with van der Waals surface area (Å²) >= 11 is 0. The van der Waals surface area contributed by atoms with Crippen LogP contribution in [0.2, 0.25) is 0 Å². The van der Waals surface area contributed by atoms with E-state index >= 15 is 0 Å². The molecule has 20 heavy (non-hydrogen) atoms. The molecule has 1 aliphatic heterocycles. The van der Waals surface area contributed by atoms with E-state index in [-0.39, 0.29) is 5.54 Å². The lowest BCUT2D eigenvalue weighted by Crippen LogP contribution is -2.62. The first-order valence-electron chi connectivity index (χ1n) is 7.43. The molecule has 1 heterocycles. The molecule has 2 rings (SSSR count). The van der Waals surface area contributed by atoms with Gasteiger partial charge in [-0.25, -0.2) is 8.78 Å². The van der Waals surface area contributed by atoms with Gasteiger partial charge in [0.25, 0.3) is 0 Å². The summed E-state index contributed by atoms with van der Waals surface area (Å²) < 4.78 is 27.1. The van der Waals surface area contributed by atoms with Crippen LogP contribution in [0.4, 0.5) is 8.78 Å².